The number of alkyl halides is 2. The van der Waals surface area contributed by atoms with Crippen molar-refractivity contribution in [2.45, 2.75) is 70.0 Å². The molecule has 4 rings (SSSR count). The van der Waals surface area contributed by atoms with Gasteiger partial charge in [-0.1, -0.05) is 32.4 Å². The molecular weight excluding hydrogens is 367 g/mol. The minimum Gasteiger partial charge on any atom is -0.381 e. The quantitative estimate of drug-likeness (QED) is 0.679. The van der Waals surface area contributed by atoms with E-state index in [-0.39, 0.29) is 35.7 Å². The first-order chi connectivity index (χ1) is 12.4. The molecule has 27 heavy (non-hydrogen) atoms. The molecule has 0 unspecified atom stereocenters. The highest BCUT2D eigenvalue weighted by atomic mass is 35.5. The summed E-state index contributed by atoms with van der Waals surface area (Å²) in [5.41, 5.74) is -2.17. The van der Waals surface area contributed by atoms with Gasteiger partial charge in [0.15, 0.2) is 11.6 Å². The second kappa shape index (κ2) is 5.54. The van der Waals surface area contributed by atoms with Crippen molar-refractivity contribution in [3.63, 3.8) is 0 Å². The van der Waals surface area contributed by atoms with Gasteiger partial charge in [-0.25, -0.2) is 4.39 Å². The number of carbonyl (C=O) groups excluding carboxylic acids is 2. The van der Waals surface area contributed by atoms with E-state index in [1.54, 1.807) is 12.2 Å². The zero-order valence-electron chi connectivity index (χ0n) is 16.4. The molecule has 0 saturated heterocycles. The van der Waals surface area contributed by atoms with E-state index in [0.29, 0.717) is 19.3 Å². The Morgan fingerprint density at radius 2 is 2.00 bits per heavy atom. The molecular formula is C22H28ClFO3. The number of rotatable bonds is 1. The zero-order valence-corrected chi connectivity index (χ0v) is 17.1. The van der Waals surface area contributed by atoms with Crippen molar-refractivity contribution in [3.05, 3.63) is 23.8 Å². The molecule has 0 spiro atoms. The van der Waals surface area contributed by atoms with Gasteiger partial charge < -0.3 is 5.11 Å². The average molecular weight is 395 g/mol. The summed E-state index contributed by atoms with van der Waals surface area (Å²) < 4.78 is 15.9. The van der Waals surface area contributed by atoms with Crippen LogP contribution in [0.1, 0.15) is 53.4 Å². The molecule has 0 amide bonds. The fourth-order valence-corrected chi connectivity index (χ4v) is 7.75. The molecule has 1 N–H and O–H groups in total. The summed E-state index contributed by atoms with van der Waals surface area (Å²) >= 11 is 7.19. The maximum Gasteiger partial charge on any atom is 0.178 e. The van der Waals surface area contributed by atoms with Gasteiger partial charge in [-0.05, 0) is 62.5 Å². The molecule has 3 saturated carbocycles. The van der Waals surface area contributed by atoms with Crippen LogP contribution < -0.4 is 0 Å². The van der Waals surface area contributed by atoms with Gasteiger partial charge in [0.05, 0.1) is 4.87 Å². The Bertz CT molecular complexity index is 790. The van der Waals surface area contributed by atoms with Crippen LogP contribution in [0.4, 0.5) is 4.39 Å². The first-order valence-corrected chi connectivity index (χ1v) is 10.3. The van der Waals surface area contributed by atoms with Crippen LogP contribution >= 0.6 is 11.6 Å². The first kappa shape index (κ1) is 19.3. The largest absolute Gasteiger partial charge is 0.381 e. The van der Waals surface area contributed by atoms with E-state index >= 15 is 4.39 Å². The lowest BCUT2D eigenvalue weighted by Gasteiger charge is -2.63. The normalized spacial score (nSPS) is 54.0. The lowest BCUT2D eigenvalue weighted by Crippen LogP contribution is -2.67. The lowest BCUT2D eigenvalue weighted by molar-refractivity contribution is -0.169. The molecule has 5 heteroatoms. The molecule has 0 aromatic carbocycles. The number of carbonyl (C=O) groups is 2. The highest BCUT2D eigenvalue weighted by Gasteiger charge is 2.74. The predicted molar refractivity (Wildman–Crippen MR) is 102 cm³/mol. The van der Waals surface area contributed by atoms with Crippen LogP contribution in [0.5, 0.6) is 0 Å². The summed E-state index contributed by atoms with van der Waals surface area (Å²) in [6.07, 6.45) is 5.61. The van der Waals surface area contributed by atoms with E-state index in [4.69, 9.17) is 11.6 Å². The van der Waals surface area contributed by atoms with Crippen molar-refractivity contribution in [3.8, 4) is 0 Å². The van der Waals surface area contributed by atoms with Crippen LogP contribution in [0, 0.1) is 28.6 Å². The Morgan fingerprint density at radius 1 is 1.33 bits per heavy atom. The Morgan fingerprint density at radius 3 is 2.63 bits per heavy atom. The SMILES string of the molecule is CC(=O)[C@@]1(O)[C@@H](C)C[C@H]2[C@@H]3CCC4=CC(=O)C=C[C@]4(C)[C@@]3(Cl)[C@@H](F)C[C@@]21C. The number of halogens is 2. The maximum atomic E-state index is 15.9. The highest BCUT2D eigenvalue weighted by Crippen LogP contribution is 2.71. The Hall–Kier alpha value is -1.000. The summed E-state index contributed by atoms with van der Waals surface area (Å²) in [4.78, 5) is 23.2. The third kappa shape index (κ3) is 2.02. The van der Waals surface area contributed by atoms with Crippen molar-refractivity contribution in [2.75, 3.05) is 0 Å². The molecule has 0 aliphatic heterocycles. The van der Waals surface area contributed by atoms with Crippen molar-refractivity contribution in [1.29, 1.82) is 0 Å². The Labute approximate surface area is 165 Å². The molecule has 0 radical (unpaired) electrons. The van der Waals surface area contributed by atoms with Gasteiger partial charge in [-0.2, -0.15) is 0 Å². The second-order valence-corrected chi connectivity index (χ2v) is 10.3. The van der Waals surface area contributed by atoms with Crippen molar-refractivity contribution < 1.29 is 19.1 Å². The zero-order chi connectivity index (χ0) is 20.0. The standard InChI is InChI=1S/C22H28ClFO3/c1-12-9-17-16-6-5-14-10-15(26)7-8-19(14,3)21(16,23)18(24)11-20(17,4)22(12,27)13(2)25/h7-8,10,12,16-18,27H,5-6,9,11H2,1-4H3/t12-,16-,17-,18-,19-,20-,21-,22-/m0/s1. The Kier molecular flexibility index (Phi) is 3.96. The van der Waals surface area contributed by atoms with Crippen molar-refractivity contribution in [1.82, 2.24) is 0 Å². The van der Waals surface area contributed by atoms with Gasteiger partial charge in [0.25, 0.3) is 0 Å². The minimum absolute atomic E-state index is 0.0321. The number of hydrogen-bond acceptors (Lipinski definition) is 3. The van der Waals surface area contributed by atoms with Gasteiger partial charge in [-0.15, -0.1) is 11.6 Å². The van der Waals surface area contributed by atoms with E-state index < -0.39 is 27.5 Å². The van der Waals surface area contributed by atoms with E-state index in [1.165, 1.54) is 13.0 Å². The molecule has 0 aromatic rings. The third-order valence-corrected chi connectivity index (χ3v) is 9.63. The van der Waals surface area contributed by atoms with E-state index in [0.717, 1.165) is 5.57 Å². The lowest BCUT2D eigenvalue weighted by atomic mass is 9.46. The molecule has 0 aromatic heterocycles. The maximum absolute atomic E-state index is 15.9. The van der Waals surface area contributed by atoms with Crippen molar-refractivity contribution >= 4 is 23.2 Å². The van der Waals surface area contributed by atoms with Crippen LogP contribution in [0.25, 0.3) is 0 Å². The fourth-order valence-electron chi connectivity index (χ4n) is 7.23. The number of fused-ring (bicyclic) bond motifs is 5. The number of allylic oxidation sites excluding steroid dienone is 4. The summed E-state index contributed by atoms with van der Waals surface area (Å²) in [6, 6.07) is 0. The van der Waals surface area contributed by atoms with Gasteiger partial charge in [-0.3, -0.25) is 9.59 Å². The molecule has 3 nitrogen and oxygen atoms in total. The van der Waals surface area contributed by atoms with Crippen LogP contribution in [0.15, 0.2) is 23.8 Å². The summed E-state index contributed by atoms with van der Waals surface area (Å²) in [5.74, 6) is -0.777. The topological polar surface area (TPSA) is 54.4 Å². The van der Waals surface area contributed by atoms with Gasteiger partial charge in [0.1, 0.15) is 11.8 Å². The van der Waals surface area contributed by atoms with Gasteiger partial charge in [0, 0.05) is 10.8 Å². The monoisotopic (exact) mass is 394 g/mol. The smallest absolute Gasteiger partial charge is 0.178 e. The fraction of sp³-hybridized carbons (Fsp3) is 0.727. The summed E-state index contributed by atoms with van der Waals surface area (Å²) in [5, 5.41) is 11.4. The molecule has 0 bridgehead atoms. The van der Waals surface area contributed by atoms with Crippen LogP contribution in [0.2, 0.25) is 0 Å². The number of aliphatic hydroxyl groups is 1. The molecule has 0 heterocycles. The van der Waals surface area contributed by atoms with Crippen LogP contribution in [0.3, 0.4) is 0 Å². The van der Waals surface area contributed by atoms with E-state index in [1.807, 2.05) is 20.8 Å². The highest BCUT2D eigenvalue weighted by molar-refractivity contribution is 6.26. The predicted octanol–water partition coefficient (Wildman–Crippen LogP) is 4.17. The van der Waals surface area contributed by atoms with Gasteiger partial charge >= 0.3 is 0 Å². The average Bonchev–Trinajstić information content (AvgIpc) is 2.79. The molecule has 4 aliphatic rings. The molecule has 148 valence electrons. The molecule has 4 aliphatic carbocycles. The number of hydrogen-bond donors (Lipinski definition) is 1. The summed E-state index contributed by atoms with van der Waals surface area (Å²) in [7, 11) is 0. The number of ketones is 2. The van der Waals surface area contributed by atoms with Crippen molar-refractivity contribution in [2.24, 2.45) is 28.6 Å². The third-order valence-electron chi connectivity index (χ3n) is 8.72. The van der Waals surface area contributed by atoms with Crippen LogP contribution in [-0.4, -0.2) is 33.3 Å². The molecule has 3 fully saturated rings. The first-order valence-electron chi connectivity index (χ1n) is 9.93. The number of Topliss-reactive ketones (excluding diaryl/α,β-unsaturated/α-hetero) is 1. The van der Waals surface area contributed by atoms with Crippen LogP contribution in [-0.2, 0) is 9.59 Å². The van der Waals surface area contributed by atoms with E-state index in [2.05, 4.69) is 0 Å². The van der Waals surface area contributed by atoms with E-state index in [9.17, 15) is 14.7 Å². The second-order valence-electron chi connectivity index (χ2n) is 9.68. The van der Waals surface area contributed by atoms with Gasteiger partial charge in [0.2, 0.25) is 0 Å². The Balaban J connectivity index is 1.85. The molecule has 8 atom stereocenters. The minimum atomic E-state index is -1.52. The summed E-state index contributed by atoms with van der Waals surface area (Å²) in [6.45, 7) is 7.12.